The summed E-state index contributed by atoms with van der Waals surface area (Å²) in [7, 11) is 4.33. The molecule has 0 N–H and O–H groups in total. The Hall–Kier alpha value is -0.590. The molecule has 4 atom stereocenters. The third-order valence-corrected chi connectivity index (χ3v) is 5.63. The first-order valence-electron chi connectivity index (χ1n) is 8.63. The molecule has 1 saturated heterocycles. The Morgan fingerprint density at radius 1 is 1.19 bits per heavy atom. The summed E-state index contributed by atoms with van der Waals surface area (Å²) in [5.41, 5.74) is 0.370. The second kappa shape index (κ2) is 6.67. The highest BCUT2D eigenvalue weighted by atomic mass is 15.2. The van der Waals surface area contributed by atoms with Gasteiger partial charge in [0.05, 0.1) is 12.0 Å². The van der Waals surface area contributed by atoms with Crippen LogP contribution in [0.25, 0.3) is 0 Å². The van der Waals surface area contributed by atoms with E-state index in [0.29, 0.717) is 17.5 Å². The Labute approximate surface area is 131 Å². The molecule has 0 bridgehead atoms. The summed E-state index contributed by atoms with van der Waals surface area (Å²) in [6, 6.07) is 3.76. The first kappa shape index (κ1) is 16.8. The molecule has 1 saturated carbocycles. The van der Waals surface area contributed by atoms with Crippen LogP contribution in [0.2, 0.25) is 0 Å². The molecule has 0 radical (unpaired) electrons. The zero-order chi connectivity index (χ0) is 15.6. The lowest BCUT2D eigenvalue weighted by Gasteiger charge is -2.45. The van der Waals surface area contributed by atoms with Crippen LogP contribution in [0.3, 0.4) is 0 Å². The maximum Gasteiger partial charge on any atom is 0.0672 e. The van der Waals surface area contributed by atoms with E-state index in [1.807, 2.05) is 0 Å². The minimum absolute atomic E-state index is 0.242. The largest absolute Gasteiger partial charge is 0.308 e. The summed E-state index contributed by atoms with van der Waals surface area (Å²) in [5, 5.41) is 9.59. The van der Waals surface area contributed by atoms with Crippen LogP contribution in [0.1, 0.15) is 52.9 Å². The van der Waals surface area contributed by atoms with Crippen molar-refractivity contribution in [1.82, 2.24) is 9.80 Å². The van der Waals surface area contributed by atoms with Crippen molar-refractivity contribution in [2.24, 2.45) is 17.3 Å². The molecule has 2 rings (SSSR count). The van der Waals surface area contributed by atoms with Crippen LogP contribution in [0.15, 0.2) is 0 Å². The average Bonchev–Trinajstić information content (AvgIpc) is 2.84. The zero-order valence-corrected chi connectivity index (χ0v) is 14.6. The standard InChI is InChI=1S/C18H33N3/c1-18(2,3)15-9-8-14(12-19)17(11-15)21-10-6-7-16(21)13-20(4)5/h14-17H,6-11,13H2,1-5H3. The van der Waals surface area contributed by atoms with Gasteiger partial charge in [-0.25, -0.2) is 0 Å². The van der Waals surface area contributed by atoms with Crippen molar-refractivity contribution < 1.29 is 0 Å². The van der Waals surface area contributed by atoms with Gasteiger partial charge in [0.15, 0.2) is 0 Å². The van der Waals surface area contributed by atoms with Crippen molar-refractivity contribution in [2.45, 2.75) is 65.0 Å². The molecule has 2 fully saturated rings. The normalized spacial score (nSPS) is 35.1. The van der Waals surface area contributed by atoms with Crippen LogP contribution in [-0.2, 0) is 0 Å². The van der Waals surface area contributed by atoms with E-state index < -0.39 is 0 Å². The first-order valence-corrected chi connectivity index (χ1v) is 8.63. The third-order valence-electron chi connectivity index (χ3n) is 5.63. The molecule has 0 aromatic carbocycles. The smallest absolute Gasteiger partial charge is 0.0672 e. The molecule has 3 nitrogen and oxygen atoms in total. The number of nitriles is 1. The van der Waals surface area contributed by atoms with Gasteiger partial charge >= 0.3 is 0 Å². The fourth-order valence-corrected chi connectivity index (χ4v) is 4.36. The van der Waals surface area contributed by atoms with Gasteiger partial charge in [0.25, 0.3) is 0 Å². The van der Waals surface area contributed by atoms with Gasteiger partial charge in [-0.1, -0.05) is 20.8 Å². The topological polar surface area (TPSA) is 30.3 Å². The lowest BCUT2D eigenvalue weighted by atomic mass is 9.67. The minimum Gasteiger partial charge on any atom is -0.308 e. The van der Waals surface area contributed by atoms with E-state index in [1.165, 1.54) is 32.2 Å². The van der Waals surface area contributed by atoms with Crippen LogP contribution in [0, 0.1) is 28.6 Å². The number of hydrogen-bond donors (Lipinski definition) is 0. The van der Waals surface area contributed by atoms with Gasteiger partial charge in [-0.2, -0.15) is 5.26 Å². The van der Waals surface area contributed by atoms with Gasteiger partial charge in [0, 0.05) is 18.6 Å². The summed E-state index contributed by atoms with van der Waals surface area (Å²) in [6.45, 7) is 9.42. The molecule has 2 aliphatic rings. The molecule has 0 amide bonds. The van der Waals surface area contributed by atoms with Crippen molar-refractivity contribution in [3.63, 3.8) is 0 Å². The van der Waals surface area contributed by atoms with Gasteiger partial charge < -0.3 is 4.90 Å². The number of likely N-dealkylation sites (tertiary alicyclic amines) is 1. The zero-order valence-electron chi connectivity index (χ0n) is 14.6. The number of rotatable bonds is 3. The fourth-order valence-electron chi connectivity index (χ4n) is 4.36. The Morgan fingerprint density at radius 2 is 1.90 bits per heavy atom. The van der Waals surface area contributed by atoms with E-state index in [4.69, 9.17) is 0 Å². The van der Waals surface area contributed by atoms with E-state index in [1.54, 1.807) is 0 Å². The van der Waals surface area contributed by atoms with Crippen LogP contribution in [0.4, 0.5) is 0 Å². The molecule has 0 aromatic rings. The Morgan fingerprint density at radius 3 is 2.48 bits per heavy atom. The van der Waals surface area contributed by atoms with Crippen molar-refractivity contribution in [3.8, 4) is 6.07 Å². The summed E-state index contributed by atoms with van der Waals surface area (Å²) in [4.78, 5) is 4.99. The van der Waals surface area contributed by atoms with Crippen molar-refractivity contribution in [3.05, 3.63) is 0 Å². The molecule has 1 heterocycles. The summed E-state index contributed by atoms with van der Waals surface area (Å²) >= 11 is 0. The first-order chi connectivity index (χ1) is 9.82. The van der Waals surface area contributed by atoms with E-state index in [2.05, 4.69) is 50.7 Å². The molecule has 1 aliphatic heterocycles. The second-order valence-electron chi connectivity index (χ2n) is 8.48. The van der Waals surface area contributed by atoms with Crippen molar-refractivity contribution in [2.75, 3.05) is 27.2 Å². The van der Waals surface area contributed by atoms with E-state index >= 15 is 0 Å². The van der Waals surface area contributed by atoms with Crippen LogP contribution >= 0.6 is 0 Å². The maximum absolute atomic E-state index is 9.59. The van der Waals surface area contributed by atoms with Gasteiger partial charge in [0.1, 0.15) is 0 Å². The van der Waals surface area contributed by atoms with E-state index in [0.717, 1.165) is 18.9 Å². The highest BCUT2D eigenvalue weighted by Crippen LogP contribution is 2.43. The predicted molar refractivity (Wildman–Crippen MR) is 88.0 cm³/mol. The lowest BCUT2D eigenvalue weighted by Crippen LogP contribution is -2.50. The molecule has 0 spiro atoms. The number of likely N-dealkylation sites (N-methyl/N-ethyl adjacent to an activating group) is 1. The summed E-state index contributed by atoms with van der Waals surface area (Å²) < 4.78 is 0. The van der Waals surface area contributed by atoms with Crippen LogP contribution in [-0.4, -0.2) is 49.1 Å². The quantitative estimate of drug-likeness (QED) is 0.798. The van der Waals surface area contributed by atoms with E-state index in [9.17, 15) is 5.26 Å². The minimum atomic E-state index is 0.242. The molecular weight excluding hydrogens is 258 g/mol. The van der Waals surface area contributed by atoms with Gasteiger partial charge in [-0.05, 0) is 64.1 Å². The summed E-state index contributed by atoms with van der Waals surface area (Å²) in [5.74, 6) is 0.999. The second-order valence-corrected chi connectivity index (χ2v) is 8.48. The molecule has 4 unspecified atom stereocenters. The van der Waals surface area contributed by atoms with Gasteiger partial charge in [-0.3, -0.25) is 4.90 Å². The van der Waals surface area contributed by atoms with Crippen molar-refractivity contribution >= 4 is 0 Å². The Bertz CT molecular complexity index is 377. The highest BCUT2D eigenvalue weighted by Gasteiger charge is 2.41. The Balaban J connectivity index is 2.11. The number of nitrogens with zero attached hydrogens (tertiary/aromatic N) is 3. The van der Waals surface area contributed by atoms with E-state index in [-0.39, 0.29) is 5.92 Å². The summed E-state index contributed by atoms with van der Waals surface area (Å²) in [6.07, 6.45) is 6.13. The predicted octanol–water partition coefficient (Wildman–Crippen LogP) is 3.37. The van der Waals surface area contributed by atoms with Crippen LogP contribution in [0.5, 0.6) is 0 Å². The maximum atomic E-state index is 9.59. The van der Waals surface area contributed by atoms with Crippen LogP contribution < -0.4 is 0 Å². The van der Waals surface area contributed by atoms with Gasteiger partial charge in [-0.15, -0.1) is 0 Å². The number of hydrogen-bond acceptors (Lipinski definition) is 3. The molecular formula is C18H33N3. The molecule has 1 aliphatic carbocycles. The molecule has 21 heavy (non-hydrogen) atoms. The highest BCUT2D eigenvalue weighted by molar-refractivity contribution is 5.02. The monoisotopic (exact) mass is 291 g/mol. The average molecular weight is 291 g/mol. The fraction of sp³-hybridized carbons (Fsp3) is 0.944. The van der Waals surface area contributed by atoms with Gasteiger partial charge in [0.2, 0.25) is 0 Å². The van der Waals surface area contributed by atoms with Crippen molar-refractivity contribution in [1.29, 1.82) is 5.26 Å². The molecule has 120 valence electrons. The SMILES string of the molecule is CN(C)CC1CCCN1C1CC(C(C)(C)C)CCC1C#N. The Kier molecular flexibility index (Phi) is 5.33. The third kappa shape index (κ3) is 3.99. The molecule has 0 aromatic heterocycles. The lowest BCUT2D eigenvalue weighted by molar-refractivity contribution is 0.0467. The molecule has 3 heteroatoms.